The molecule has 0 saturated carbocycles. The van der Waals surface area contributed by atoms with Crippen molar-refractivity contribution in [3.05, 3.63) is 35.7 Å². The van der Waals surface area contributed by atoms with Crippen molar-refractivity contribution in [2.45, 2.75) is 0 Å². The fourth-order valence-electron chi connectivity index (χ4n) is 1.30. The Labute approximate surface area is 79.9 Å². The van der Waals surface area contributed by atoms with Crippen molar-refractivity contribution in [1.29, 1.82) is 0 Å². The highest BCUT2D eigenvalue weighted by Gasteiger charge is 2.04. The van der Waals surface area contributed by atoms with Crippen LogP contribution in [0.4, 0.5) is 11.4 Å². The van der Waals surface area contributed by atoms with Gasteiger partial charge in [0.25, 0.3) is 0 Å². The number of fused-ring (bicyclic) bond motifs is 1. The lowest BCUT2D eigenvalue weighted by atomic mass is 10.2. The minimum atomic E-state index is -0.283. The molecule has 5 heteroatoms. The fraction of sp³-hybridized carbons (Fsp3) is 0. The number of pyridine rings is 1. The molecule has 0 amide bonds. The molecule has 1 aromatic heterocycles. The third-order valence-corrected chi connectivity index (χ3v) is 2.00. The van der Waals surface area contributed by atoms with Gasteiger partial charge in [0.05, 0.1) is 23.1 Å². The molecule has 0 saturated heterocycles. The molecule has 0 unspecified atom stereocenters. The van der Waals surface area contributed by atoms with E-state index in [0.29, 0.717) is 10.9 Å². The molecule has 5 nitrogen and oxygen atoms in total. The van der Waals surface area contributed by atoms with E-state index in [2.05, 4.69) is 4.98 Å². The molecule has 0 bridgehead atoms. The number of rotatable bonds is 1. The molecule has 0 aliphatic rings. The van der Waals surface area contributed by atoms with Gasteiger partial charge in [-0.15, -0.1) is 0 Å². The zero-order valence-corrected chi connectivity index (χ0v) is 7.21. The predicted octanol–water partition coefficient (Wildman–Crippen LogP) is 1.51. The quantitative estimate of drug-likeness (QED) is 0.665. The van der Waals surface area contributed by atoms with Crippen LogP contribution < -0.4 is 11.0 Å². The van der Waals surface area contributed by atoms with Gasteiger partial charge >= 0.3 is 0 Å². The third kappa shape index (κ3) is 1.24. The molecule has 1 aromatic carbocycles. The topological polar surface area (TPSA) is 85.4 Å². The van der Waals surface area contributed by atoms with Crippen LogP contribution in [-0.2, 0) is 0 Å². The van der Waals surface area contributed by atoms with E-state index in [9.17, 15) is 5.21 Å². The van der Waals surface area contributed by atoms with E-state index >= 15 is 0 Å². The van der Waals surface area contributed by atoms with Crippen molar-refractivity contribution in [2.24, 2.45) is 0 Å². The van der Waals surface area contributed by atoms with Gasteiger partial charge in [-0.2, -0.15) is 0 Å². The Morgan fingerprint density at radius 1 is 1.36 bits per heavy atom. The number of para-hydroxylation sites is 1. The van der Waals surface area contributed by atoms with E-state index < -0.39 is 0 Å². The fourth-order valence-corrected chi connectivity index (χ4v) is 1.30. The van der Waals surface area contributed by atoms with E-state index in [1.165, 1.54) is 6.20 Å². The van der Waals surface area contributed by atoms with Gasteiger partial charge in [0.15, 0.2) is 0 Å². The van der Waals surface area contributed by atoms with Crippen LogP contribution in [0.2, 0.25) is 0 Å². The van der Waals surface area contributed by atoms with Gasteiger partial charge in [-0.05, 0) is 6.07 Å². The zero-order valence-electron chi connectivity index (χ0n) is 7.21. The first-order valence-corrected chi connectivity index (χ1v) is 3.99. The van der Waals surface area contributed by atoms with Crippen molar-refractivity contribution >= 4 is 22.3 Å². The normalized spacial score (nSPS) is 10.4. The summed E-state index contributed by atoms with van der Waals surface area (Å²) in [5, 5.41) is 19.8. The monoisotopic (exact) mass is 190 g/mol. The van der Waals surface area contributed by atoms with E-state index in [-0.39, 0.29) is 16.6 Å². The number of nitrogens with two attached hydrogens (primary N) is 1. The highest BCUT2D eigenvalue weighted by atomic mass is 16.8. The van der Waals surface area contributed by atoms with E-state index in [4.69, 9.17) is 10.9 Å². The summed E-state index contributed by atoms with van der Waals surface area (Å²) in [4.78, 5) is 3.98. The highest BCUT2D eigenvalue weighted by Crippen LogP contribution is 2.28. The summed E-state index contributed by atoms with van der Waals surface area (Å²) in [5.41, 5.74) is 6.56. The van der Waals surface area contributed by atoms with Crippen molar-refractivity contribution in [3.63, 3.8) is 0 Å². The first-order valence-electron chi connectivity index (χ1n) is 3.99. The van der Waals surface area contributed by atoms with Crippen molar-refractivity contribution < 1.29 is 5.21 Å². The van der Waals surface area contributed by atoms with Crippen LogP contribution in [0.1, 0.15) is 0 Å². The molecule has 0 aliphatic heterocycles. The molecule has 2 aromatic rings. The van der Waals surface area contributed by atoms with E-state index in [1.54, 1.807) is 18.2 Å². The summed E-state index contributed by atoms with van der Waals surface area (Å²) in [7, 11) is 0. The highest BCUT2D eigenvalue weighted by molar-refractivity contribution is 5.96. The number of nitrogens with zero attached hydrogens (tertiary/aromatic N) is 2. The summed E-state index contributed by atoms with van der Waals surface area (Å²) in [6, 6.07) is 7.13. The largest absolute Gasteiger partial charge is 0.733 e. The average Bonchev–Trinajstić information content (AvgIpc) is 2.18. The summed E-state index contributed by atoms with van der Waals surface area (Å²) in [6.45, 7) is 0. The Kier molecular flexibility index (Phi) is 1.95. The molecule has 72 valence electrons. The van der Waals surface area contributed by atoms with Gasteiger partial charge in [-0.3, -0.25) is 10.2 Å². The van der Waals surface area contributed by atoms with Crippen LogP contribution >= 0.6 is 0 Å². The number of anilines is 2. The maximum atomic E-state index is 10.7. The minimum Gasteiger partial charge on any atom is -0.733 e. The Morgan fingerprint density at radius 2 is 2.07 bits per heavy atom. The second-order valence-electron chi connectivity index (χ2n) is 2.85. The van der Waals surface area contributed by atoms with Gasteiger partial charge in [-0.1, -0.05) is 18.2 Å². The summed E-state index contributed by atoms with van der Waals surface area (Å²) < 4.78 is 0. The van der Waals surface area contributed by atoms with Crippen LogP contribution in [0.25, 0.3) is 10.9 Å². The summed E-state index contributed by atoms with van der Waals surface area (Å²) in [6.07, 6.45) is 1.24. The maximum Gasteiger partial charge on any atom is 0.0931 e. The first-order chi connectivity index (χ1) is 6.70. The molecule has 0 radical (unpaired) electrons. The molecule has 0 fully saturated rings. The summed E-state index contributed by atoms with van der Waals surface area (Å²) in [5.74, 6) is 0. The number of hydrogen-bond donors (Lipinski definition) is 2. The number of hydrogen-bond acceptors (Lipinski definition) is 5. The van der Waals surface area contributed by atoms with E-state index in [1.807, 2.05) is 6.07 Å². The van der Waals surface area contributed by atoms with Crippen molar-refractivity contribution in [1.82, 2.24) is 4.98 Å². The maximum absolute atomic E-state index is 10.7. The van der Waals surface area contributed by atoms with Gasteiger partial charge < -0.3 is 16.2 Å². The zero-order chi connectivity index (χ0) is 10.1. The smallest absolute Gasteiger partial charge is 0.0931 e. The van der Waals surface area contributed by atoms with Crippen LogP contribution in [0.5, 0.6) is 0 Å². The Hall–Kier alpha value is -1.85. The number of nitrogen functional groups attached to an aromatic ring is 1. The molecule has 2 rings (SSSR count). The van der Waals surface area contributed by atoms with Crippen LogP contribution in [0.3, 0.4) is 0 Å². The van der Waals surface area contributed by atoms with E-state index in [0.717, 1.165) is 0 Å². The van der Waals surface area contributed by atoms with Gasteiger partial charge in [0, 0.05) is 5.39 Å². The number of aromatic nitrogens is 1. The van der Waals surface area contributed by atoms with Crippen LogP contribution in [0, 0.1) is 5.21 Å². The molecule has 14 heavy (non-hydrogen) atoms. The molecular formula is C9H8N3O2-. The summed E-state index contributed by atoms with van der Waals surface area (Å²) >= 11 is 0. The minimum absolute atomic E-state index is 0.0382. The predicted molar refractivity (Wildman–Crippen MR) is 53.8 cm³/mol. The van der Waals surface area contributed by atoms with Gasteiger partial charge in [0.1, 0.15) is 0 Å². The van der Waals surface area contributed by atoms with Gasteiger partial charge in [0.2, 0.25) is 0 Å². The molecular weight excluding hydrogens is 182 g/mol. The second-order valence-corrected chi connectivity index (χ2v) is 2.85. The van der Waals surface area contributed by atoms with Crippen molar-refractivity contribution in [2.75, 3.05) is 11.0 Å². The Bertz CT molecular complexity index is 471. The third-order valence-electron chi connectivity index (χ3n) is 2.00. The Morgan fingerprint density at radius 3 is 2.79 bits per heavy atom. The van der Waals surface area contributed by atoms with Crippen LogP contribution in [0.15, 0.2) is 30.5 Å². The lowest BCUT2D eigenvalue weighted by Crippen LogP contribution is -2.10. The SMILES string of the molecule is Nc1c(N([O-])O)cnc2ccccc12. The first kappa shape index (κ1) is 8.74. The second kappa shape index (κ2) is 3.13. The number of benzene rings is 1. The van der Waals surface area contributed by atoms with Gasteiger partial charge in [-0.25, -0.2) is 0 Å². The molecule has 1 heterocycles. The van der Waals surface area contributed by atoms with Crippen molar-refractivity contribution in [3.8, 4) is 0 Å². The lowest BCUT2D eigenvalue weighted by Gasteiger charge is -2.23. The standard InChI is InChI=1S/C9H8N3O2/c10-9-6-3-1-2-4-7(6)11-5-8(9)12(13)14/h1-5,13H,(H2,10,11)/q-1. The molecule has 3 N–H and O–H groups in total. The molecule has 0 aliphatic carbocycles. The van der Waals surface area contributed by atoms with Crippen LogP contribution in [-0.4, -0.2) is 10.2 Å². The lowest BCUT2D eigenvalue weighted by molar-refractivity contribution is 0.297. The Balaban J connectivity index is 2.75. The molecule has 0 spiro atoms. The molecule has 0 atom stereocenters. The average molecular weight is 190 g/mol.